The Morgan fingerprint density at radius 2 is 1.67 bits per heavy atom. The van der Waals surface area contributed by atoms with Crippen molar-refractivity contribution in [2.45, 2.75) is 44.1 Å². The van der Waals surface area contributed by atoms with Crippen molar-refractivity contribution in [1.82, 2.24) is 10.9 Å². The van der Waals surface area contributed by atoms with Crippen LogP contribution in [-0.2, 0) is 16.0 Å². The minimum atomic E-state index is -0.939. The molecule has 0 heterocycles. The van der Waals surface area contributed by atoms with Crippen LogP contribution in [0.4, 0.5) is 4.39 Å². The zero-order chi connectivity index (χ0) is 15.3. The number of amides is 2. The topological polar surface area (TPSA) is 78.4 Å². The minimum absolute atomic E-state index is 0.0101. The van der Waals surface area contributed by atoms with Gasteiger partial charge in [0.25, 0.3) is 0 Å². The molecule has 0 unspecified atom stereocenters. The molecule has 1 fully saturated rings. The van der Waals surface area contributed by atoms with Gasteiger partial charge in [0, 0.05) is 0 Å². The monoisotopic (exact) mass is 294 g/mol. The molecule has 1 saturated carbocycles. The van der Waals surface area contributed by atoms with Crippen molar-refractivity contribution < 1.29 is 19.1 Å². The van der Waals surface area contributed by atoms with E-state index in [9.17, 15) is 19.1 Å². The molecule has 1 aliphatic carbocycles. The summed E-state index contributed by atoms with van der Waals surface area (Å²) in [6.45, 7) is 0. The summed E-state index contributed by atoms with van der Waals surface area (Å²) < 4.78 is 12.7. The number of carbonyl (C=O) groups excluding carboxylic acids is 2. The van der Waals surface area contributed by atoms with Gasteiger partial charge in [-0.1, -0.05) is 25.0 Å². The quantitative estimate of drug-likeness (QED) is 0.730. The Morgan fingerprint density at radius 1 is 1.10 bits per heavy atom. The number of halogens is 1. The van der Waals surface area contributed by atoms with Crippen LogP contribution in [0.5, 0.6) is 0 Å². The standard InChI is InChI=1S/C15H19FN2O3/c16-12-5-3-11(4-6-12)9-13(19)17-18-14(20)10-15(21)7-1-2-8-15/h3-6,21H,1-2,7-10H2,(H,17,19)(H,18,20). The lowest BCUT2D eigenvalue weighted by atomic mass is 9.98. The summed E-state index contributed by atoms with van der Waals surface area (Å²) in [5, 5.41) is 10.1. The summed E-state index contributed by atoms with van der Waals surface area (Å²) in [6, 6.07) is 5.57. The smallest absolute Gasteiger partial charge is 0.242 e. The molecule has 21 heavy (non-hydrogen) atoms. The van der Waals surface area contributed by atoms with E-state index in [4.69, 9.17) is 0 Å². The van der Waals surface area contributed by atoms with E-state index in [1.165, 1.54) is 24.3 Å². The Balaban J connectivity index is 1.73. The van der Waals surface area contributed by atoms with Gasteiger partial charge in [-0.15, -0.1) is 0 Å². The van der Waals surface area contributed by atoms with E-state index in [-0.39, 0.29) is 18.7 Å². The van der Waals surface area contributed by atoms with Crippen LogP contribution in [0.3, 0.4) is 0 Å². The van der Waals surface area contributed by atoms with Gasteiger partial charge >= 0.3 is 0 Å². The molecule has 0 spiro atoms. The maximum Gasteiger partial charge on any atom is 0.242 e. The number of rotatable bonds is 4. The second-order valence-electron chi connectivity index (χ2n) is 5.51. The molecule has 0 bridgehead atoms. The summed E-state index contributed by atoms with van der Waals surface area (Å²) in [6.07, 6.45) is 3.10. The second-order valence-corrected chi connectivity index (χ2v) is 5.51. The Morgan fingerprint density at radius 3 is 2.29 bits per heavy atom. The summed E-state index contributed by atoms with van der Waals surface area (Å²) in [5.41, 5.74) is 4.30. The fraction of sp³-hybridized carbons (Fsp3) is 0.467. The first-order chi connectivity index (χ1) is 9.97. The Labute approximate surface area is 122 Å². The molecular weight excluding hydrogens is 275 g/mol. The van der Waals surface area contributed by atoms with Gasteiger partial charge in [0.15, 0.2) is 0 Å². The number of benzene rings is 1. The third kappa shape index (κ3) is 4.82. The van der Waals surface area contributed by atoms with Crippen molar-refractivity contribution in [3.63, 3.8) is 0 Å². The highest BCUT2D eigenvalue weighted by molar-refractivity contribution is 5.83. The van der Waals surface area contributed by atoms with Gasteiger partial charge in [-0.3, -0.25) is 20.4 Å². The minimum Gasteiger partial charge on any atom is -0.389 e. The molecule has 0 radical (unpaired) electrons. The van der Waals surface area contributed by atoms with E-state index in [0.717, 1.165) is 12.8 Å². The largest absolute Gasteiger partial charge is 0.389 e. The zero-order valence-corrected chi connectivity index (χ0v) is 11.7. The first-order valence-electron chi connectivity index (χ1n) is 7.01. The lowest BCUT2D eigenvalue weighted by Gasteiger charge is -2.21. The molecule has 1 aliphatic rings. The van der Waals surface area contributed by atoms with E-state index in [1.807, 2.05) is 0 Å². The van der Waals surface area contributed by atoms with Crippen LogP contribution in [0.15, 0.2) is 24.3 Å². The molecule has 0 aromatic heterocycles. The first-order valence-corrected chi connectivity index (χ1v) is 7.01. The van der Waals surface area contributed by atoms with Crippen LogP contribution < -0.4 is 10.9 Å². The Kier molecular flexibility index (Phi) is 4.90. The first kappa shape index (κ1) is 15.4. The molecule has 114 valence electrons. The summed E-state index contributed by atoms with van der Waals surface area (Å²) in [4.78, 5) is 23.3. The van der Waals surface area contributed by atoms with Gasteiger partial charge in [0.1, 0.15) is 5.82 Å². The maximum absolute atomic E-state index is 12.7. The van der Waals surface area contributed by atoms with E-state index >= 15 is 0 Å². The van der Waals surface area contributed by atoms with Crippen LogP contribution in [-0.4, -0.2) is 22.5 Å². The van der Waals surface area contributed by atoms with Gasteiger partial charge in [0.05, 0.1) is 18.4 Å². The van der Waals surface area contributed by atoms with E-state index in [2.05, 4.69) is 10.9 Å². The number of nitrogens with one attached hydrogen (secondary N) is 2. The third-order valence-corrected chi connectivity index (χ3v) is 3.64. The third-order valence-electron chi connectivity index (χ3n) is 3.64. The van der Waals surface area contributed by atoms with Gasteiger partial charge in [-0.05, 0) is 30.5 Å². The predicted octanol–water partition coefficient (Wildman–Crippen LogP) is 1.21. The molecule has 2 rings (SSSR count). The number of hydrogen-bond donors (Lipinski definition) is 3. The van der Waals surface area contributed by atoms with Crippen LogP contribution in [0.2, 0.25) is 0 Å². The van der Waals surface area contributed by atoms with Crippen LogP contribution in [0.1, 0.15) is 37.7 Å². The highest BCUT2D eigenvalue weighted by Crippen LogP contribution is 2.31. The average molecular weight is 294 g/mol. The maximum atomic E-state index is 12.7. The lowest BCUT2D eigenvalue weighted by Crippen LogP contribution is -2.45. The molecule has 6 heteroatoms. The number of aliphatic hydroxyl groups is 1. The molecule has 2 amide bonds. The van der Waals surface area contributed by atoms with Gasteiger partial charge in [-0.25, -0.2) is 4.39 Å². The summed E-state index contributed by atoms with van der Waals surface area (Å²) in [7, 11) is 0. The number of carbonyl (C=O) groups is 2. The van der Waals surface area contributed by atoms with Gasteiger partial charge in [-0.2, -0.15) is 0 Å². The number of hydrogen-bond acceptors (Lipinski definition) is 3. The molecular formula is C15H19FN2O3. The molecule has 0 atom stereocenters. The van der Waals surface area contributed by atoms with Crippen LogP contribution in [0.25, 0.3) is 0 Å². The van der Waals surface area contributed by atoms with Crippen molar-refractivity contribution >= 4 is 11.8 Å². The van der Waals surface area contributed by atoms with E-state index in [0.29, 0.717) is 18.4 Å². The second kappa shape index (κ2) is 6.67. The van der Waals surface area contributed by atoms with Crippen LogP contribution >= 0.6 is 0 Å². The van der Waals surface area contributed by atoms with Gasteiger partial charge in [0.2, 0.25) is 11.8 Å². The van der Waals surface area contributed by atoms with Crippen molar-refractivity contribution in [1.29, 1.82) is 0 Å². The van der Waals surface area contributed by atoms with Crippen molar-refractivity contribution in [2.24, 2.45) is 0 Å². The van der Waals surface area contributed by atoms with E-state index in [1.54, 1.807) is 0 Å². The van der Waals surface area contributed by atoms with Gasteiger partial charge < -0.3 is 5.11 Å². The molecule has 5 nitrogen and oxygen atoms in total. The molecule has 1 aromatic rings. The highest BCUT2D eigenvalue weighted by atomic mass is 19.1. The summed E-state index contributed by atoms with van der Waals surface area (Å²) >= 11 is 0. The van der Waals surface area contributed by atoms with E-state index < -0.39 is 17.4 Å². The molecule has 3 N–H and O–H groups in total. The van der Waals surface area contributed by atoms with Crippen LogP contribution in [0, 0.1) is 5.82 Å². The fourth-order valence-electron chi connectivity index (χ4n) is 2.52. The average Bonchev–Trinajstić information content (AvgIpc) is 2.85. The molecule has 0 saturated heterocycles. The van der Waals surface area contributed by atoms with Crippen molar-refractivity contribution in [3.05, 3.63) is 35.6 Å². The fourth-order valence-corrected chi connectivity index (χ4v) is 2.52. The Hall–Kier alpha value is -1.95. The predicted molar refractivity (Wildman–Crippen MR) is 74.4 cm³/mol. The number of hydrazine groups is 1. The van der Waals surface area contributed by atoms with Crippen molar-refractivity contribution in [3.8, 4) is 0 Å². The zero-order valence-electron chi connectivity index (χ0n) is 11.7. The molecule has 0 aliphatic heterocycles. The summed E-state index contributed by atoms with van der Waals surface area (Å²) in [5.74, 6) is -1.17. The normalized spacial score (nSPS) is 16.5. The SMILES string of the molecule is O=C(Cc1ccc(F)cc1)NNC(=O)CC1(O)CCCC1. The van der Waals surface area contributed by atoms with Crippen molar-refractivity contribution in [2.75, 3.05) is 0 Å². The molecule has 1 aromatic carbocycles. The highest BCUT2D eigenvalue weighted by Gasteiger charge is 2.33. The Bertz CT molecular complexity index is 510. The lowest BCUT2D eigenvalue weighted by molar-refractivity contribution is -0.131.